The summed E-state index contributed by atoms with van der Waals surface area (Å²) in [5, 5.41) is 6.78. The Balaban J connectivity index is 1.48. The Labute approximate surface area is 133 Å². The Morgan fingerprint density at radius 2 is 2.09 bits per heavy atom. The Morgan fingerprint density at radius 3 is 2.70 bits per heavy atom. The van der Waals surface area contributed by atoms with E-state index >= 15 is 0 Å². The smallest absolute Gasteiger partial charge is 0.338 e. The predicted molar refractivity (Wildman–Crippen MR) is 82.6 cm³/mol. The standard InChI is InChI=1S/C16H18N4O3/c1-11-8-14(11)15(21)19-13-4-2-12(3-5-13)16(22)23-7-6-20-10-17-9-18-20/h2-5,9-11,14H,6-8H2,1H3,(H,19,21). The van der Waals surface area contributed by atoms with Gasteiger partial charge in [-0.25, -0.2) is 14.5 Å². The van der Waals surface area contributed by atoms with E-state index in [2.05, 4.69) is 22.3 Å². The molecule has 0 spiro atoms. The number of nitrogens with zero attached hydrogens (tertiary/aromatic N) is 3. The number of esters is 1. The molecule has 0 bridgehead atoms. The summed E-state index contributed by atoms with van der Waals surface area (Å²) in [5.74, 6) is 0.227. The zero-order valence-corrected chi connectivity index (χ0v) is 12.8. The van der Waals surface area contributed by atoms with Gasteiger partial charge in [-0.1, -0.05) is 6.92 Å². The summed E-state index contributed by atoms with van der Waals surface area (Å²) < 4.78 is 6.76. The first-order chi connectivity index (χ1) is 11.1. The third-order valence-corrected chi connectivity index (χ3v) is 3.85. The lowest BCUT2D eigenvalue weighted by Gasteiger charge is -2.07. The minimum Gasteiger partial charge on any atom is -0.460 e. The second-order valence-corrected chi connectivity index (χ2v) is 5.68. The molecule has 1 aliphatic rings. The molecule has 1 fully saturated rings. The van der Waals surface area contributed by atoms with Crippen molar-refractivity contribution in [2.75, 3.05) is 11.9 Å². The van der Waals surface area contributed by atoms with Crippen molar-refractivity contribution in [2.45, 2.75) is 19.9 Å². The van der Waals surface area contributed by atoms with Crippen LogP contribution in [-0.2, 0) is 16.1 Å². The first kappa shape index (κ1) is 15.2. The van der Waals surface area contributed by atoms with Crippen LogP contribution in [0.2, 0.25) is 0 Å². The number of aromatic nitrogens is 3. The molecule has 0 radical (unpaired) electrons. The maximum absolute atomic E-state index is 11.9. The van der Waals surface area contributed by atoms with Gasteiger partial charge < -0.3 is 10.1 Å². The fourth-order valence-corrected chi connectivity index (χ4v) is 2.28. The van der Waals surface area contributed by atoms with Crippen molar-refractivity contribution in [2.24, 2.45) is 11.8 Å². The van der Waals surface area contributed by atoms with Gasteiger partial charge in [-0.15, -0.1) is 0 Å². The maximum Gasteiger partial charge on any atom is 0.338 e. The third-order valence-electron chi connectivity index (χ3n) is 3.85. The molecule has 0 saturated heterocycles. The topological polar surface area (TPSA) is 86.1 Å². The Bertz CT molecular complexity index is 682. The number of hydrogen-bond acceptors (Lipinski definition) is 5. The molecule has 1 aliphatic carbocycles. The minimum absolute atomic E-state index is 0.0423. The molecule has 1 heterocycles. The average molecular weight is 314 g/mol. The van der Waals surface area contributed by atoms with Gasteiger partial charge >= 0.3 is 5.97 Å². The zero-order chi connectivity index (χ0) is 16.2. The van der Waals surface area contributed by atoms with Gasteiger partial charge in [0.25, 0.3) is 0 Å². The van der Waals surface area contributed by atoms with Gasteiger partial charge in [0.05, 0.1) is 12.1 Å². The molecule has 3 rings (SSSR count). The molecule has 1 N–H and O–H groups in total. The molecule has 1 aromatic heterocycles. The fourth-order valence-electron chi connectivity index (χ4n) is 2.28. The van der Waals surface area contributed by atoms with E-state index in [1.54, 1.807) is 35.3 Å². The van der Waals surface area contributed by atoms with E-state index in [9.17, 15) is 9.59 Å². The lowest BCUT2D eigenvalue weighted by molar-refractivity contribution is -0.117. The van der Waals surface area contributed by atoms with Crippen LogP contribution >= 0.6 is 0 Å². The summed E-state index contributed by atoms with van der Waals surface area (Å²) in [6, 6.07) is 6.70. The van der Waals surface area contributed by atoms with Gasteiger partial charge in [0.2, 0.25) is 5.91 Å². The number of nitrogens with one attached hydrogen (secondary N) is 1. The van der Waals surface area contributed by atoms with Crippen LogP contribution in [0.1, 0.15) is 23.7 Å². The number of benzene rings is 1. The number of ether oxygens (including phenoxy) is 1. The van der Waals surface area contributed by atoms with Gasteiger partial charge in [-0.3, -0.25) is 4.79 Å². The summed E-state index contributed by atoms with van der Waals surface area (Å²) in [7, 11) is 0. The largest absolute Gasteiger partial charge is 0.460 e. The van der Waals surface area contributed by atoms with Crippen LogP contribution in [0, 0.1) is 11.8 Å². The number of amides is 1. The highest BCUT2D eigenvalue weighted by molar-refractivity contribution is 5.95. The van der Waals surface area contributed by atoms with E-state index in [0.717, 1.165) is 6.42 Å². The zero-order valence-electron chi connectivity index (χ0n) is 12.8. The molecule has 7 heteroatoms. The van der Waals surface area contributed by atoms with E-state index in [-0.39, 0.29) is 18.4 Å². The normalized spacial score (nSPS) is 19.2. The summed E-state index contributed by atoms with van der Waals surface area (Å²) in [6.07, 6.45) is 3.94. The lowest BCUT2D eigenvalue weighted by atomic mass is 10.2. The summed E-state index contributed by atoms with van der Waals surface area (Å²) in [4.78, 5) is 27.6. The molecule has 7 nitrogen and oxygen atoms in total. The van der Waals surface area contributed by atoms with Crippen molar-refractivity contribution in [1.82, 2.24) is 14.8 Å². The maximum atomic E-state index is 11.9. The van der Waals surface area contributed by atoms with Crippen LogP contribution < -0.4 is 5.32 Å². The Hall–Kier alpha value is -2.70. The van der Waals surface area contributed by atoms with Gasteiger partial charge in [0, 0.05) is 11.6 Å². The molecule has 0 aliphatic heterocycles. The number of carbonyl (C=O) groups is 2. The second kappa shape index (κ2) is 6.60. The molecule has 1 aromatic carbocycles. The average Bonchev–Trinajstić information content (AvgIpc) is 3.06. The molecule has 1 saturated carbocycles. The first-order valence-electron chi connectivity index (χ1n) is 7.54. The van der Waals surface area contributed by atoms with Gasteiger partial charge in [0.1, 0.15) is 19.3 Å². The SMILES string of the molecule is CC1CC1C(=O)Nc1ccc(C(=O)OCCn2cncn2)cc1. The molecular formula is C16H18N4O3. The van der Waals surface area contributed by atoms with Gasteiger partial charge in [-0.05, 0) is 36.6 Å². The van der Waals surface area contributed by atoms with Gasteiger partial charge in [-0.2, -0.15) is 5.10 Å². The van der Waals surface area contributed by atoms with E-state index < -0.39 is 5.97 Å². The van der Waals surface area contributed by atoms with E-state index in [4.69, 9.17) is 4.74 Å². The molecule has 120 valence electrons. The molecule has 23 heavy (non-hydrogen) atoms. The molecule has 1 amide bonds. The van der Waals surface area contributed by atoms with Crippen molar-refractivity contribution in [3.63, 3.8) is 0 Å². The highest BCUT2D eigenvalue weighted by Crippen LogP contribution is 2.38. The fraction of sp³-hybridized carbons (Fsp3) is 0.375. The summed E-state index contributed by atoms with van der Waals surface area (Å²) in [6.45, 7) is 2.74. The van der Waals surface area contributed by atoms with E-state index in [0.29, 0.717) is 23.7 Å². The quantitative estimate of drug-likeness (QED) is 0.821. The Kier molecular flexibility index (Phi) is 4.36. The summed E-state index contributed by atoms with van der Waals surface area (Å²) in [5.41, 5.74) is 1.13. The third kappa shape index (κ3) is 3.94. The lowest BCUT2D eigenvalue weighted by Crippen LogP contribution is -2.15. The van der Waals surface area contributed by atoms with Gasteiger partial charge in [0.15, 0.2) is 0 Å². The van der Waals surface area contributed by atoms with Crippen LogP contribution in [-0.4, -0.2) is 33.2 Å². The van der Waals surface area contributed by atoms with Crippen molar-refractivity contribution in [1.29, 1.82) is 0 Å². The first-order valence-corrected chi connectivity index (χ1v) is 7.54. The molecule has 2 aromatic rings. The van der Waals surface area contributed by atoms with E-state index in [1.165, 1.54) is 6.33 Å². The van der Waals surface area contributed by atoms with E-state index in [1.807, 2.05) is 0 Å². The van der Waals surface area contributed by atoms with Crippen molar-refractivity contribution < 1.29 is 14.3 Å². The predicted octanol–water partition coefficient (Wildman–Crippen LogP) is 1.73. The number of hydrogen-bond donors (Lipinski definition) is 1. The van der Waals surface area contributed by atoms with Crippen LogP contribution in [0.3, 0.4) is 0 Å². The van der Waals surface area contributed by atoms with Crippen LogP contribution in [0.4, 0.5) is 5.69 Å². The molecular weight excluding hydrogens is 296 g/mol. The molecule has 2 unspecified atom stereocenters. The summed E-state index contributed by atoms with van der Waals surface area (Å²) >= 11 is 0. The number of carbonyl (C=O) groups excluding carboxylic acids is 2. The Morgan fingerprint density at radius 1 is 1.35 bits per heavy atom. The van der Waals surface area contributed by atoms with Crippen molar-refractivity contribution in [3.8, 4) is 0 Å². The number of rotatable bonds is 6. The van der Waals surface area contributed by atoms with Crippen LogP contribution in [0.15, 0.2) is 36.9 Å². The molecule has 2 atom stereocenters. The minimum atomic E-state index is -0.404. The highest BCUT2D eigenvalue weighted by atomic mass is 16.5. The van der Waals surface area contributed by atoms with Crippen LogP contribution in [0.5, 0.6) is 0 Å². The second-order valence-electron chi connectivity index (χ2n) is 5.68. The highest BCUT2D eigenvalue weighted by Gasteiger charge is 2.39. The van der Waals surface area contributed by atoms with Crippen molar-refractivity contribution in [3.05, 3.63) is 42.5 Å². The van der Waals surface area contributed by atoms with Crippen molar-refractivity contribution >= 4 is 17.6 Å². The van der Waals surface area contributed by atoms with Crippen LogP contribution in [0.25, 0.3) is 0 Å². The number of anilines is 1. The monoisotopic (exact) mass is 314 g/mol.